The molecular formula is C29H17ClFN3O3S. The highest BCUT2D eigenvalue weighted by atomic mass is 35.5. The second kappa shape index (κ2) is 10.7. The Kier molecular flexibility index (Phi) is 7.05. The summed E-state index contributed by atoms with van der Waals surface area (Å²) in [6.45, 7) is 0. The van der Waals surface area contributed by atoms with E-state index in [1.807, 2.05) is 24.3 Å². The molecule has 0 bridgehead atoms. The van der Waals surface area contributed by atoms with Gasteiger partial charge in [0, 0.05) is 17.3 Å². The summed E-state index contributed by atoms with van der Waals surface area (Å²) in [5.41, 5.74) is 0.816. The van der Waals surface area contributed by atoms with E-state index < -0.39 is 17.3 Å². The van der Waals surface area contributed by atoms with Gasteiger partial charge in [-0.25, -0.2) is 4.39 Å². The minimum Gasteiger partial charge on any atom is -0.457 e. The summed E-state index contributed by atoms with van der Waals surface area (Å²) >= 11 is 7.27. The van der Waals surface area contributed by atoms with Crippen LogP contribution in [0.2, 0.25) is 5.02 Å². The lowest BCUT2D eigenvalue weighted by atomic mass is 10.2. The summed E-state index contributed by atoms with van der Waals surface area (Å²) in [6.07, 6.45) is 1.56. The van der Waals surface area contributed by atoms with E-state index in [0.29, 0.717) is 33.5 Å². The normalized spacial score (nSPS) is 12.2. The van der Waals surface area contributed by atoms with E-state index in [-0.39, 0.29) is 14.8 Å². The summed E-state index contributed by atoms with van der Waals surface area (Å²) < 4.78 is 20.9. The standard InChI is InChI=1S/C29H17ClFN3O3S/c30-24-9-5-4-8-22(24)25-15-14-21(37-25)16-26-28(36)34(20-6-2-1-3-7-20)29(38-26)23(17-32)27(35)33-19-12-10-18(31)11-13-19/h1-16H,(H,33,35)/b26-16+,29-23+. The van der Waals surface area contributed by atoms with Crippen molar-refractivity contribution in [2.24, 2.45) is 0 Å². The lowest BCUT2D eigenvalue weighted by Gasteiger charge is -2.05. The quantitative estimate of drug-likeness (QED) is 0.335. The summed E-state index contributed by atoms with van der Waals surface area (Å²) in [6, 6.07) is 26.5. The van der Waals surface area contributed by atoms with Gasteiger partial charge < -0.3 is 9.73 Å². The Morgan fingerprint density at radius 3 is 2.42 bits per heavy atom. The number of anilines is 1. The van der Waals surface area contributed by atoms with E-state index in [1.54, 1.807) is 54.6 Å². The monoisotopic (exact) mass is 541 g/mol. The third-order valence-corrected chi connectivity index (χ3v) is 6.95. The molecule has 38 heavy (non-hydrogen) atoms. The first kappa shape index (κ1) is 25.0. The molecule has 3 aromatic carbocycles. The summed E-state index contributed by atoms with van der Waals surface area (Å²) in [4.78, 5) is 26.6. The van der Waals surface area contributed by atoms with Gasteiger partial charge in [0.25, 0.3) is 11.5 Å². The number of carbonyl (C=O) groups is 1. The SMILES string of the molecule is N#C/C(C(=O)Nc1ccc(F)cc1)=c1\s/c(=C/c2ccc(-c3ccccc3Cl)o2)c(=O)n1-c1ccccc1. The zero-order chi connectivity index (χ0) is 26.6. The molecule has 0 spiro atoms. The van der Waals surface area contributed by atoms with Crippen LogP contribution in [0.5, 0.6) is 0 Å². The van der Waals surface area contributed by atoms with Gasteiger partial charge in [-0.3, -0.25) is 14.2 Å². The van der Waals surface area contributed by atoms with Crippen molar-refractivity contribution < 1.29 is 13.6 Å². The minimum atomic E-state index is -0.726. The Balaban J connectivity index is 1.66. The highest BCUT2D eigenvalue weighted by Gasteiger charge is 2.18. The van der Waals surface area contributed by atoms with Gasteiger partial charge in [0.15, 0.2) is 5.57 Å². The molecule has 1 amide bonds. The molecule has 0 radical (unpaired) electrons. The Labute approximate surface area is 224 Å². The number of aromatic nitrogens is 1. The van der Waals surface area contributed by atoms with Gasteiger partial charge in [-0.15, -0.1) is 11.3 Å². The molecule has 0 atom stereocenters. The number of halogens is 2. The first-order chi connectivity index (χ1) is 18.4. The average molecular weight is 542 g/mol. The van der Waals surface area contributed by atoms with E-state index in [4.69, 9.17) is 16.0 Å². The Hall–Kier alpha value is -4.71. The summed E-state index contributed by atoms with van der Waals surface area (Å²) in [7, 11) is 0. The molecule has 9 heteroatoms. The molecule has 0 aliphatic carbocycles. The van der Waals surface area contributed by atoms with Gasteiger partial charge in [-0.2, -0.15) is 5.26 Å². The van der Waals surface area contributed by atoms with Crippen molar-refractivity contribution in [3.63, 3.8) is 0 Å². The maximum absolute atomic E-state index is 13.5. The van der Waals surface area contributed by atoms with Crippen molar-refractivity contribution in [1.82, 2.24) is 4.57 Å². The molecule has 0 aliphatic heterocycles. The number of thiazole rings is 1. The lowest BCUT2D eigenvalue weighted by Crippen LogP contribution is -2.32. The van der Waals surface area contributed by atoms with Crippen LogP contribution in [-0.4, -0.2) is 10.5 Å². The van der Waals surface area contributed by atoms with E-state index >= 15 is 0 Å². The van der Waals surface area contributed by atoms with Gasteiger partial charge in [0.2, 0.25) is 0 Å². The van der Waals surface area contributed by atoms with Crippen LogP contribution in [0.3, 0.4) is 0 Å². The zero-order valence-electron chi connectivity index (χ0n) is 19.5. The number of rotatable bonds is 5. The summed E-state index contributed by atoms with van der Waals surface area (Å²) in [5.74, 6) is -0.251. The number of benzene rings is 3. The number of nitrogens with zero attached hydrogens (tertiary/aromatic N) is 2. The molecule has 2 aromatic heterocycles. The maximum Gasteiger partial charge on any atom is 0.273 e. The van der Waals surface area contributed by atoms with Crippen LogP contribution in [0.1, 0.15) is 5.76 Å². The van der Waals surface area contributed by atoms with Gasteiger partial charge >= 0.3 is 0 Å². The Bertz CT molecular complexity index is 1870. The number of amides is 1. The van der Waals surface area contributed by atoms with Gasteiger partial charge in [-0.1, -0.05) is 41.9 Å². The van der Waals surface area contributed by atoms with E-state index in [9.17, 15) is 19.2 Å². The smallest absolute Gasteiger partial charge is 0.273 e. The Morgan fingerprint density at radius 1 is 1.00 bits per heavy atom. The van der Waals surface area contributed by atoms with Crippen molar-refractivity contribution in [2.75, 3.05) is 5.32 Å². The molecule has 6 nitrogen and oxygen atoms in total. The van der Waals surface area contributed by atoms with Crippen LogP contribution in [0.15, 0.2) is 100 Å². The predicted molar refractivity (Wildman–Crippen MR) is 146 cm³/mol. The molecule has 5 rings (SSSR count). The molecule has 1 N–H and O–H groups in total. The number of hydrogen-bond donors (Lipinski definition) is 1. The first-order valence-electron chi connectivity index (χ1n) is 11.3. The lowest BCUT2D eigenvalue weighted by molar-refractivity contribution is -0.111. The largest absolute Gasteiger partial charge is 0.457 e. The summed E-state index contributed by atoms with van der Waals surface area (Å²) in [5, 5.41) is 13.0. The number of hydrogen-bond acceptors (Lipinski definition) is 5. The Morgan fingerprint density at radius 2 is 1.71 bits per heavy atom. The molecule has 0 saturated carbocycles. The third-order valence-electron chi connectivity index (χ3n) is 5.53. The second-order valence-electron chi connectivity index (χ2n) is 8.02. The van der Waals surface area contributed by atoms with Crippen LogP contribution in [0, 0.1) is 17.1 Å². The molecule has 5 aromatic rings. The number of furan rings is 1. The highest BCUT2D eigenvalue weighted by molar-refractivity contribution is 7.07. The molecule has 2 heterocycles. The number of para-hydroxylation sites is 1. The van der Waals surface area contributed by atoms with Gasteiger partial charge in [0.1, 0.15) is 28.1 Å². The van der Waals surface area contributed by atoms with Crippen LogP contribution in [-0.2, 0) is 4.79 Å². The van der Waals surface area contributed by atoms with Crippen LogP contribution in [0.25, 0.3) is 28.7 Å². The molecule has 0 aliphatic rings. The van der Waals surface area contributed by atoms with E-state index in [1.165, 1.54) is 28.8 Å². The van der Waals surface area contributed by atoms with Crippen LogP contribution < -0.4 is 20.1 Å². The first-order valence-corrected chi connectivity index (χ1v) is 12.5. The average Bonchev–Trinajstić information content (AvgIpc) is 3.51. The fraction of sp³-hybridized carbons (Fsp3) is 0. The minimum absolute atomic E-state index is 0.146. The highest BCUT2D eigenvalue weighted by Crippen LogP contribution is 2.29. The fourth-order valence-corrected chi connectivity index (χ4v) is 5.06. The van der Waals surface area contributed by atoms with Crippen molar-refractivity contribution >= 4 is 46.2 Å². The van der Waals surface area contributed by atoms with Crippen LogP contribution in [0.4, 0.5) is 10.1 Å². The predicted octanol–water partition coefficient (Wildman–Crippen LogP) is 5.09. The third kappa shape index (κ3) is 5.06. The molecule has 186 valence electrons. The van der Waals surface area contributed by atoms with E-state index in [2.05, 4.69) is 5.32 Å². The molecule has 0 saturated heterocycles. The van der Waals surface area contributed by atoms with Crippen molar-refractivity contribution in [3.05, 3.63) is 127 Å². The number of nitrogens with one attached hydrogen (secondary N) is 1. The van der Waals surface area contributed by atoms with Crippen molar-refractivity contribution in [3.8, 4) is 23.1 Å². The topological polar surface area (TPSA) is 88.0 Å². The van der Waals surface area contributed by atoms with Crippen molar-refractivity contribution in [1.29, 1.82) is 5.26 Å². The van der Waals surface area contributed by atoms with Crippen LogP contribution >= 0.6 is 22.9 Å². The molecule has 0 fully saturated rings. The second-order valence-corrected chi connectivity index (χ2v) is 9.46. The number of nitriles is 1. The van der Waals surface area contributed by atoms with E-state index in [0.717, 1.165) is 11.3 Å². The van der Waals surface area contributed by atoms with Crippen molar-refractivity contribution in [2.45, 2.75) is 0 Å². The molecular weight excluding hydrogens is 525 g/mol. The number of carbonyl (C=O) groups excluding carboxylic acids is 1. The molecule has 0 unspecified atom stereocenters. The zero-order valence-corrected chi connectivity index (χ0v) is 21.1. The fourth-order valence-electron chi connectivity index (χ4n) is 3.75. The maximum atomic E-state index is 13.5. The van der Waals surface area contributed by atoms with Gasteiger partial charge in [0.05, 0.1) is 15.2 Å². The van der Waals surface area contributed by atoms with Gasteiger partial charge in [-0.05, 0) is 60.7 Å².